The Hall–Kier alpha value is -3.89. The lowest BCUT2D eigenvalue weighted by Crippen LogP contribution is -2.39. The number of carbonyl (C=O) groups excluding carboxylic acids is 1. The van der Waals surface area contributed by atoms with Gasteiger partial charge < -0.3 is 47.1 Å². The van der Waals surface area contributed by atoms with E-state index in [0.29, 0.717) is 6.42 Å². The van der Waals surface area contributed by atoms with Crippen molar-refractivity contribution in [3.8, 4) is 0 Å². The molecule has 0 amide bonds. The molecule has 10 N–H and O–H groups in total. The molecule has 15 heteroatoms. The molecule has 6 atom stereocenters. The van der Waals surface area contributed by atoms with E-state index < -0.39 is 66.6 Å². The number of carbonyl (C=O) groups is 3. The van der Waals surface area contributed by atoms with Crippen LogP contribution in [0.3, 0.4) is 0 Å². The summed E-state index contributed by atoms with van der Waals surface area (Å²) in [7, 11) is 0. The zero-order chi connectivity index (χ0) is 27.7. The maximum atomic E-state index is 12.1. The van der Waals surface area contributed by atoms with E-state index in [9.17, 15) is 29.4 Å². The van der Waals surface area contributed by atoms with Crippen LogP contribution in [0.5, 0.6) is 0 Å². The number of ether oxygens (including phenoxy) is 2. The van der Waals surface area contributed by atoms with Gasteiger partial charge in [-0.05, 0) is 18.1 Å². The average Bonchev–Trinajstić information content (AvgIpc) is 3.11. The number of esters is 1. The van der Waals surface area contributed by atoms with Gasteiger partial charge in [0.25, 0.3) is 0 Å². The van der Waals surface area contributed by atoms with Gasteiger partial charge in [0.2, 0.25) is 0 Å². The molecule has 1 aromatic heterocycles. The summed E-state index contributed by atoms with van der Waals surface area (Å²) >= 11 is 0. The minimum atomic E-state index is -1.41. The number of aromatic nitrogens is 2. The first-order valence-electron chi connectivity index (χ1n) is 10.9. The van der Waals surface area contributed by atoms with Gasteiger partial charge in [-0.3, -0.25) is 19.0 Å². The Morgan fingerprint density at radius 2 is 1.70 bits per heavy atom. The molecule has 1 fully saturated rings. The molecule has 1 aliphatic heterocycles. The highest BCUT2D eigenvalue weighted by molar-refractivity contribution is 5.80. The van der Waals surface area contributed by atoms with Crippen molar-refractivity contribution in [2.45, 2.75) is 49.5 Å². The van der Waals surface area contributed by atoms with Crippen LogP contribution in [0.2, 0.25) is 0 Å². The summed E-state index contributed by atoms with van der Waals surface area (Å²) in [6.07, 6.45) is -3.93. The van der Waals surface area contributed by atoms with Crippen molar-refractivity contribution in [2.75, 3.05) is 12.3 Å². The number of nitrogens with zero attached hydrogens (tertiary/aromatic N) is 2. The Labute approximate surface area is 210 Å². The Kier molecular flexibility index (Phi) is 10.6. The van der Waals surface area contributed by atoms with Crippen LogP contribution in [0.15, 0.2) is 47.4 Å². The van der Waals surface area contributed by atoms with Gasteiger partial charge >= 0.3 is 23.6 Å². The fraction of sp³-hybridized carbons (Fsp3) is 0.409. The summed E-state index contributed by atoms with van der Waals surface area (Å²) in [5.41, 5.74) is 16.3. The topological polar surface area (TPSA) is 264 Å². The fourth-order valence-electron chi connectivity index (χ4n) is 3.21. The molecule has 1 aromatic carbocycles. The summed E-state index contributed by atoms with van der Waals surface area (Å²) in [6, 6.07) is 8.41. The van der Waals surface area contributed by atoms with E-state index in [-0.39, 0.29) is 12.4 Å². The van der Waals surface area contributed by atoms with E-state index in [1.807, 2.05) is 30.3 Å². The lowest BCUT2D eigenvalue weighted by Gasteiger charge is -2.17. The van der Waals surface area contributed by atoms with Crippen LogP contribution < -0.4 is 22.9 Å². The monoisotopic (exact) mass is 523 g/mol. The summed E-state index contributed by atoms with van der Waals surface area (Å²) in [6.45, 7) is -0.326. The molecular weight excluding hydrogens is 494 g/mol. The van der Waals surface area contributed by atoms with E-state index >= 15 is 0 Å². The Morgan fingerprint density at radius 3 is 2.24 bits per heavy atom. The number of hydrogen-bond acceptors (Lipinski definition) is 12. The molecule has 202 valence electrons. The highest BCUT2D eigenvalue weighted by atomic mass is 16.6. The van der Waals surface area contributed by atoms with E-state index in [1.165, 1.54) is 12.3 Å². The largest absolute Gasteiger partial charge is 0.481 e. The lowest BCUT2D eigenvalue weighted by molar-refractivity contribution is -0.151. The molecule has 1 saturated heterocycles. The highest BCUT2D eigenvalue weighted by Gasteiger charge is 2.44. The number of hydrogen-bond donors (Lipinski definition) is 7. The normalized spacial score (nSPS) is 22.3. The third-order valence-electron chi connectivity index (χ3n) is 5.17. The average molecular weight is 523 g/mol. The minimum Gasteiger partial charge on any atom is -0.481 e. The van der Waals surface area contributed by atoms with Crippen molar-refractivity contribution < 1.29 is 44.3 Å². The molecule has 15 nitrogen and oxygen atoms in total. The number of aliphatic carboxylic acids is 2. The number of benzene rings is 1. The van der Waals surface area contributed by atoms with Crippen molar-refractivity contribution >= 4 is 23.7 Å². The Balaban J connectivity index is 0.000000458. The Morgan fingerprint density at radius 1 is 1.05 bits per heavy atom. The van der Waals surface area contributed by atoms with Crippen molar-refractivity contribution in [1.29, 1.82) is 0 Å². The van der Waals surface area contributed by atoms with E-state index in [4.69, 9.17) is 36.9 Å². The highest BCUT2D eigenvalue weighted by Crippen LogP contribution is 2.28. The molecule has 0 unspecified atom stereocenters. The second-order valence-corrected chi connectivity index (χ2v) is 8.06. The van der Waals surface area contributed by atoms with Crippen molar-refractivity contribution in [1.82, 2.24) is 9.55 Å². The molecule has 0 radical (unpaired) electrons. The lowest BCUT2D eigenvalue weighted by atomic mass is 10.1. The summed E-state index contributed by atoms with van der Waals surface area (Å²) in [5, 5.41) is 36.4. The van der Waals surface area contributed by atoms with Crippen LogP contribution in [0.1, 0.15) is 18.2 Å². The van der Waals surface area contributed by atoms with Crippen molar-refractivity contribution in [2.24, 2.45) is 11.5 Å². The first-order chi connectivity index (χ1) is 17.4. The number of nitrogen functional groups attached to an aromatic ring is 1. The SMILES string of the molecule is N[C@H](CC(=O)O)C(=O)O.Nc1ccn([C@@H]2O[C@H](COC(=O)[C@@H](N)Cc3ccccc3)[C@@H](O)[C@@H]2O)c(=O)n1. The number of carboxylic acids is 2. The van der Waals surface area contributed by atoms with E-state index in [2.05, 4.69) is 4.98 Å². The predicted molar refractivity (Wildman–Crippen MR) is 126 cm³/mol. The quantitative estimate of drug-likeness (QED) is 0.167. The predicted octanol–water partition coefficient (Wildman–Crippen LogP) is -2.57. The van der Waals surface area contributed by atoms with Crippen LogP contribution in [-0.2, 0) is 30.3 Å². The van der Waals surface area contributed by atoms with Crippen LogP contribution in [0.25, 0.3) is 0 Å². The van der Waals surface area contributed by atoms with Gasteiger partial charge in [-0.1, -0.05) is 30.3 Å². The van der Waals surface area contributed by atoms with Crippen molar-refractivity contribution in [3.63, 3.8) is 0 Å². The van der Waals surface area contributed by atoms with Crippen LogP contribution in [0, 0.1) is 0 Å². The van der Waals surface area contributed by atoms with Gasteiger partial charge in [-0.25, -0.2) is 4.79 Å². The smallest absolute Gasteiger partial charge is 0.351 e. The third kappa shape index (κ3) is 8.62. The van der Waals surface area contributed by atoms with Gasteiger partial charge in [-0.2, -0.15) is 4.98 Å². The Bertz CT molecular complexity index is 1130. The zero-order valence-corrected chi connectivity index (χ0v) is 19.5. The van der Waals surface area contributed by atoms with Gasteiger partial charge in [-0.15, -0.1) is 0 Å². The molecule has 2 aromatic rings. The number of rotatable bonds is 9. The first-order valence-corrected chi connectivity index (χ1v) is 10.9. The molecule has 37 heavy (non-hydrogen) atoms. The number of anilines is 1. The number of aliphatic hydroxyl groups is 2. The number of aliphatic hydroxyl groups excluding tert-OH is 2. The fourth-order valence-corrected chi connectivity index (χ4v) is 3.21. The summed E-state index contributed by atoms with van der Waals surface area (Å²) in [5.74, 6) is -3.14. The third-order valence-corrected chi connectivity index (χ3v) is 5.17. The van der Waals surface area contributed by atoms with Crippen LogP contribution in [0.4, 0.5) is 5.82 Å². The maximum absolute atomic E-state index is 12.1. The minimum absolute atomic E-state index is 0.0205. The molecule has 0 bridgehead atoms. The number of carboxylic acid groups (broad SMARTS) is 2. The van der Waals surface area contributed by atoms with E-state index in [0.717, 1.165) is 10.1 Å². The molecule has 3 rings (SSSR count). The molecular formula is C22H29N5O10. The van der Waals surface area contributed by atoms with Crippen LogP contribution in [-0.4, -0.2) is 84.9 Å². The van der Waals surface area contributed by atoms with Crippen LogP contribution >= 0.6 is 0 Å². The van der Waals surface area contributed by atoms with E-state index in [1.54, 1.807) is 0 Å². The molecule has 0 saturated carbocycles. The zero-order valence-electron chi connectivity index (χ0n) is 19.5. The molecule has 2 heterocycles. The van der Waals surface area contributed by atoms with Gasteiger partial charge in [0.15, 0.2) is 6.23 Å². The second-order valence-electron chi connectivity index (χ2n) is 8.06. The number of nitrogens with two attached hydrogens (primary N) is 3. The molecule has 0 spiro atoms. The second kappa shape index (κ2) is 13.4. The maximum Gasteiger partial charge on any atom is 0.351 e. The van der Waals surface area contributed by atoms with Gasteiger partial charge in [0.05, 0.1) is 6.42 Å². The van der Waals surface area contributed by atoms with Gasteiger partial charge in [0.1, 0.15) is 42.8 Å². The standard InChI is InChI=1S/C18H22N4O6.C4H7NO4/c19-11(8-10-4-2-1-3-5-10)17(25)27-9-12-14(23)15(24)16(28-12)22-7-6-13(20)21-18(22)26;5-2(4(8)9)1-3(6)7/h1-7,11-12,14-16,23-24H,8-9,19H2,(H2,20,21,26);2H,1,5H2,(H,6,7)(H,8,9)/t11-,12+,14+,15-,16+;2-/m01/s1. The first kappa shape index (κ1) is 29.3. The van der Waals surface area contributed by atoms with Gasteiger partial charge in [0, 0.05) is 6.20 Å². The van der Waals surface area contributed by atoms with Crippen molar-refractivity contribution in [3.05, 3.63) is 58.6 Å². The molecule has 1 aliphatic rings. The summed E-state index contributed by atoms with van der Waals surface area (Å²) < 4.78 is 11.6. The molecule has 0 aliphatic carbocycles. The summed E-state index contributed by atoms with van der Waals surface area (Å²) in [4.78, 5) is 47.2.